The summed E-state index contributed by atoms with van der Waals surface area (Å²) in [6.07, 6.45) is 0. The minimum absolute atomic E-state index is 0.835. The number of ether oxygens (including phenoxy) is 1. The van der Waals surface area contributed by atoms with Gasteiger partial charge in [-0.25, -0.2) is 0 Å². The molecule has 0 atom stereocenters. The van der Waals surface area contributed by atoms with E-state index in [4.69, 9.17) is 4.74 Å². The highest BCUT2D eigenvalue weighted by molar-refractivity contribution is 9.10. The maximum atomic E-state index is 5.72. The van der Waals surface area contributed by atoms with Gasteiger partial charge < -0.3 is 4.74 Å². The fourth-order valence-electron chi connectivity index (χ4n) is 1.26. The number of para-hydroxylation sites is 1. The van der Waals surface area contributed by atoms with Crippen LogP contribution in [0.2, 0.25) is 0 Å². The number of benzene rings is 2. The van der Waals surface area contributed by atoms with Crippen LogP contribution in [0.1, 0.15) is 19.4 Å². The summed E-state index contributed by atoms with van der Waals surface area (Å²) in [6, 6.07) is 15.8. The molecule has 2 rings (SSSR count). The number of rotatable bonds is 2. The lowest BCUT2D eigenvalue weighted by Gasteiger charge is -2.07. The van der Waals surface area contributed by atoms with Crippen LogP contribution in [0.5, 0.6) is 11.5 Å². The predicted octanol–water partition coefficient (Wildman–Crippen LogP) is 5.58. The molecule has 0 saturated carbocycles. The van der Waals surface area contributed by atoms with Crippen molar-refractivity contribution in [3.63, 3.8) is 0 Å². The van der Waals surface area contributed by atoms with Gasteiger partial charge >= 0.3 is 0 Å². The van der Waals surface area contributed by atoms with E-state index >= 15 is 0 Å². The second kappa shape index (κ2) is 7.13. The summed E-state index contributed by atoms with van der Waals surface area (Å²) in [5.41, 5.74) is 1.23. The minimum atomic E-state index is 0.835. The monoisotopic (exact) mass is 292 g/mol. The van der Waals surface area contributed by atoms with Crippen LogP contribution in [-0.4, -0.2) is 0 Å². The first-order valence-corrected chi connectivity index (χ1v) is 6.54. The molecule has 0 unspecified atom stereocenters. The second-order valence-corrected chi connectivity index (χ2v) is 4.20. The summed E-state index contributed by atoms with van der Waals surface area (Å²) in [4.78, 5) is 0. The SMILES string of the molecule is CC.Cc1ccc(Oc2ccccc2Br)cc1. The van der Waals surface area contributed by atoms with E-state index < -0.39 is 0 Å². The molecule has 0 aliphatic heterocycles. The summed E-state index contributed by atoms with van der Waals surface area (Å²) < 4.78 is 6.68. The Labute approximate surface area is 112 Å². The van der Waals surface area contributed by atoms with Gasteiger partial charge in [-0.2, -0.15) is 0 Å². The fourth-order valence-corrected chi connectivity index (χ4v) is 1.63. The molecule has 0 heterocycles. The van der Waals surface area contributed by atoms with Crippen molar-refractivity contribution in [2.24, 2.45) is 0 Å². The van der Waals surface area contributed by atoms with E-state index in [0.717, 1.165) is 16.0 Å². The van der Waals surface area contributed by atoms with E-state index in [1.165, 1.54) is 5.56 Å². The van der Waals surface area contributed by atoms with Crippen LogP contribution in [0, 0.1) is 6.92 Å². The van der Waals surface area contributed by atoms with Crippen molar-refractivity contribution in [3.8, 4) is 11.5 Å². The van der Waals surface area contributed by atoms with Gasteiger partial charge in [-0.1, -0.05) is 43.7 Å². The number of halogens is 1. The predicted molar refractivity (Wildman–Crippen MR) is 76.7 cm³/mol. The summed E-state index contributed by atoms with van der Waals surface area (Å²) in [5, 5.41) is 0. The smallest absolute Gasteiger partial charge is 0.141 e. The zero-order valence-electron chi connectivity index (χ0n) is 10.4. The van der Waals surface area contributed by atoms with Crippen LogP contribution in [0.4, 0.5) is 0 Å². The third-order valence-electron chi connectivity index (χ3n) is 2.09. The zero-order valence-corrected chi connectivity index (χ0v) is 12.0. The summed E-state index contributed by atoms with van der Waals surface area (Å²) in [5.74, 6) is 1.69. The van der Waals surface area contributed by atoms with Crippen molar-refractivity contribution in [3.05, 3.63) is 58.6 Å². The highest BCUT2D eigenvalue weighted by Crippen LogP contribution is 2.28. The standard InChI is InChI=1S/C13H11BrO.C2H6/c1-10-6-8-11(9-7-10)15-13-5-3-2-4-12(13)14;1-2/h2-9H,1H3;1-2H3. The molecule has 0 bridgehead atoms. The van der Waals surface area contributed by atoms with Crippen LogP contribution in [0.15, 0.2) is 53.0 Å². The Bertz CT molecular complexity index is 449. The summed E-state index contributed by atoms with van der Waals surface area (Å²) in [7, 11) is 0. The van der Waals surface area contributed by atoms with Crippen molar-refractivity contribution in [1.82, 2.24) is 0 Å². The van der Waals surface area contributed by atoms with E-state index in [0.29, 0.717) is 0 Å². The highest BCUT2D eigenvalue weighted by atomic mass is 79.9. The van der Waals surface area contributed by atoms with Crippen LogP contribution in [0.3, 0.4) is 0 Å². The molecule has 2 aromatic carbocycles. The fraction of sp³-hybridized carbons (Fsp3) is 0.200. The summed E-state index contributed by atoms with van der Waals surface area (Å²) >= 11 is 3.44. The lowest BCUT2D eigenvalue weighted by Crippen LogP contribution is -1.84. The average molecular weight is 293 g/mol. The maximum Gasteiger partial charge on any atom is 0.141 e. The Morgan fingerprint density at radius 2 is 1.47 bits per heavy atom. The molecule has 1 nitrogen and oxygen atoms in total. The van der Waals surface area contributed by atoms with Crippen LogP contribution in [0.25, 0.3) is 0 Å². The maximum absolute atomic E-state index is 5.72. The average Bonchev–Trinajstić information content (AvgIpc) is 2.37. The van der Waals surface area contributed by atoms with Gasteiger partial charge in [0.1, 0.15) is 11.5 Å². The van der Waals surface area contributed by atoms with Gasteiger partial charge in [-0.15, -0.1) is 0 Å². The van der Waals surface area contributed by atoms with Gasteiger partial charge in [0.05, 0.1) is 4.47 Å². The van der Waals surface area contributed by atoms with Gasteiger partial charge in [0.15, 0.2) is 0 Å². The molecule has 0 aliphatic rings. The summed E-state index contributed by atoms with van der Waals surface area (Å²) in [6.45, 7) is 6.06. The molecule has 17 heavy (non-hydrogen) atoms. The van der Waals surface area contributed by atoms with E-state index in [-0.39, 0.29) is 0 Å². The molecule has 0 spiro atoms. The van der Waals surface area contributed by atoms with E-state index in [2.05, 4.69) is 22.9 Å². The molecule has 0 aromatic heterocycles. The normalized spacial score (nSPS) is 9.18. The lowest BCUT2D eigenvalue weighted by molar-refractivity contribution is 0.479. The minimum Gasteiger partial charge on any atom is -0.456 e. The molecular formula is C15H17BrO. The third kappa shape index (κ3) is 4.23. The highest BCUT2D eigenvalue weighted by Gasteiger charge is 2.00. The van der Waals surface area contributed by atoms with Gasteiger partial charge in [-0.05, 0) is 47.1 Å². The molecule has 0 amide bonds. The van der Waals surface area contributed by atoms with Crippen LogP contribution in [-0.2, 0) is 0 Å². The number of hydrogen-bond acceptors (Lipinski definition) is 1. The van der Waals surface area contributed by atoms with Crippen molar-refractivity contribution >= 4 is 15.9 Å². The molecule has 0 fully saturated rings. The Hall–Kier alpha value is -1.28. The molecular weight excluding hydrogens is 276 g/mol. The van der Waals surface area contributed by atoms with Crippen LogP contribution >= 0.6 is 15.9 Å². The Kier molecular flexibility index (Phi) is 5.78. The lowest BCUT2D eigenvalue weighted by atomic mass is 10.2. The molecule has 0 radical (unpaired) electrons. The Morgan fingerprint density at radius 1 is 0.882 bits per heavy atom. The molecule has 90 valence electrons. The quantitative estimate of drug-likeness (QED) is 0.702. The van der Waals surface area contributed by atoms with Crippen molar-refractivity contribution < 1.29 is 4.74 Å². The van der Waals surface area contributed by atoms with Crippen molar-refractivity contribution in [1.29, 1.82) is 0 Å². The first-order chi connectivity index (χ1) is 8.25. The third-order valence-corrected chi connectivity index (χ3v) is 2.74. The van der Waals surface area contributed by atoms with Crippen molar-refractivity contribution in [2.75, 3.05) is 0 Å². The van der Waals surface area contributed by atoms with Gasteiger partial charge in [-0.3, -0.25) is 0 Å². The van der Waals surface area contributed by atoms with E-state index in [1.807, 2.05) is 62.4 Å². The molecule has 0 N–H and O–H groups in total. The Morgan fingerprint density at radius 3 is 2.06 bits per heavy atom. The Balaban J connectivity index is 0.000000686. The van der Waals surface area contributed by atoms with E-state index in [1.54, 1.807) is 0 Å². The number of hydrogen-bond donors (Lipinski definition) is 0. The largest absolute Gasteiger partial charge is 0.456 e. The van der Waals surface area contributed by atoms with Gasteiger partial charge in [0.2, 0.25) is 0 Å². The molecule has 0 aliphatic carbocycles. The molecule has 2 aromatic rings. The second-order valence-electron chi connectivity index (χ2n) is 3.35. The molecule has 0 saturated heterocycles. The van der Waals surface area contributed by atoms with Crippen LogP contribution < -0.4 is 4.74 Å². The van der Waals surface area contributed by atoms with Gasteiger partial charge in [0.25, 0.3) is 0 Å². The van der Waals surface area contributed by atoms with Crippen molar-refractivity contribution in [2.45, 2.75) is 20.8 Å². The zero-order chi connectivity index (χ0) is 12.7. The first-order valence-electron chi connectivity index (χ1n) is 5.75. The topological polar surface area (TPSA) is 9.23 Å². The first kappa shape index (κ1) is 13.8. The number of aryl methyl sites for hydroxylation is 1. The van der Waals surface area contributed by atoms with E-state index in [9.17, 15) is 0 Å². The van der Waals surface area contributed by atoms with Gasteiger partial charge in [0, 0.05) is 0 Å². The molecule has 2 heteroatoms.